The van der Waals surface area contributed by atoms with Crippen molar-refractivity contribution in [2.45, 2.75) is 10.9 Å². The van der Waals surface area contributed by atoms with Gasteiger partial charge in [0.2, 0.25) is 0 Å². The molecule has 0 amide bonds. The zero-order valence-electron chi connectivity index (χ0n) is 3.95. The average Bonchev–Trinajstić information content (AvgIpc) is 1.61. The van der Waals surface area contributed by atoms with Crippen LogP contribution in [0.25, 0.3) is 0 Å². The molecule has 0 rings (SSSR count). The number of hydrogen-bond donors (Lipinski definition) is 0. The van der Waals surface area contributed by atoms with Gasteiger partial charge < -0.3 is 0 Å². The molecule has 2 heteroatoms. The Labute approximate surface area is 60.2 Å². The molecule has 0 heterocycles. The molecule has 0 atom stereocenters. The molecule has 0 radical (unpaired) electrons. The van der Waals surface area contributed by atoms with E-state index in [1.165, 1.54) is 3.93 Å². The van der Waals surface area contributed by atoms with Crippen molar-refractivity contribution >= 4 is 17.7 Å². The van der Waals surface area contributed by atoms with E-state index in [2.05, 4.69) is 36.7 Å². The van der Waals surface area contributed by atoms with Crippen molar-refractivity contribution in [3.05, 3.63) is 12.2 Å². The van der Waals surface area contributed by atoms with Crippen molar-refractivity contribution in [2.24, 2.45) is 0 Å². The van der Waals surface area contributed by atoms with Crippen LogP contribution in [-0.4, -0.2) is 0 Å². The summed E-state index contributed by atoms with van der Waals surface area (Å²) in [6.45, 7) is 2.08. The second kappa shape index (κ2) is 6.41. The first kappa shape index (κ1) is 7.41. The Morgan fingerprint density at radius 3 is 2.67 bits per heavy atom. The molecule has 0 bridgehead atoms. The van der Waals surface area contributed by atoms with Crippen LogP contribution in [0.5, 0.6) is 0 Å². The van der Waals surface area contributed by atoms with Crippen LogP contribution in [0.15, 0.2) is 12.2 Å². The zero-order valence-corrected chi connectivity index (χ0v) is 11.6. The second-order valence-electron chi connectivity index (χ2n) is 1.05. The van der Waals surface area contributed by atoms with Gasteiger partial charge in [-0.1, -0.05) is 0 Å². The van der Waals surface area contributed by atoms with Crippen LogP contribution in [0.2, 0.25) is 3.93 Å². The topological polar surface area (TPSA) is 0 Å². The van der Waals surface area contributed by atoms with Crippen LogP contribution >= 0.6 is 17.7 Å². The van der Waals surface area contributed by atoms with E-state index in [1.807, 2.05) is 0 Å². The summed E-state index contributed by atoms with van der Waals surface area (Å²) in [7, 11) is 0. The van der Waals surface area contributed by atoms with E-state index in [4.69, 9.17) is 0 Å². The first-order valence-corrected chi connectivity index (χ1v) is 21.4. The molecule has 0 aliphatic carbocycles. The van der Waals surface area contributed by atoms with Crippen molar-refractivity contribution in [1.29, 1.82) is 0 Å². The fraction of sp³-hybridized carbons (Fsp3) is 0.500. The molecule has 0 aromatic rings. The summed E-state index contributed by atoms with van der Waals surface area (Å²) in [5, 5.41) is 0. The van der Waals surface area contributed by atoms with Gasteiger partial charge in [0.05, 0.1) is 0 Å². The predicted octanol–water partition coefficient (Wildman–Crippen LogP) is 2.41. The van der Waals surface area contributed by atoms with E-state index >= 15 is 0 Å². The summed E-state index contributed by atoms with van der Waals surface area (Å²) in [5.74, 6) is 0. The molecule has 0 nitrogen and oxygen atoms in total. The quantitative estimate of drug-likeness (QED) is 0.391. The standard InChI is InChI=1S/C4H7.Hg.HI/c1-3-4-2;;/h3-4H,1H2,2H3;;1H/q;+1;/p-1/b4-3+;;. The number of rotatable bonds is 2. The SMILES string of the molecule is C/C=C/[CH2][Hg][I]. The van der Waals surface area contributed by atoms with Gasteiger partial charge in [-0.05, 0) is 0 Å². The Balaban J connectivity index is 2.66. The van der Waals surface area contributed by atoms with Crippen molar-refractivity contribution in [3.63, 3.8) is 0 Å². The number of hydrogen-bond acceptors (Lipinski definition) is 0. The Hall–Kier alpha value is 1.41. The van der Waals surface area contributed by atoms with Crippen LogP contribution < -0.4 is 0 Å². The Kier molecular flexibility index (Phi) is 7.90. The molecule has 0 saturated carbocycles. The summed E-state index contributed by atoms with van der Waals surface area (Å²) < 4.78 is 1.44. The van der Waals surface area contributed by atoms with E-state index in [-0.39, 0.29) is 20.2 Å². The molecule has 0 unspecified atom stereocenters. The maximum atomic E-state index is 2.58. The molecule has 0 aromatic heterocycles. The molecule has 32 valence electrons. The van der Waals surface area contributed by atoms with Crippen molar-refractivity contribution in [1.82, 2.24) is 0 Å². The van der Waals surface area contributed by atoms with Gasteiger partial charge >= 0.3 is 60.9 Å². The molecule has 0 aromatic carbocycles. The molecular formula is C4H7HgI. The van der Waals surface area contributed by atoms with E-state index in [0.29, 0.717) is 0 Å². The predicted molar refractivity (Wildman–Crippen MR) is 33.6 cm³/mol. The van der Waals surface area contributed by atoms with E-state index in [1.54, 1.807) is 0 Å². The summed E-state index contributed by atoms with van der Waals surface area (Å²) >= 11 is 2.30. The summed E-state index contributed by atoms with van der Waals surface area (Å²) in [6.07, 6.45) is 4.41. The molecule has 0 aliphatic heterocycles. The van der Waals surface area contributed by atoms with Gasteiger partial charge in [-0.2, -0.15) is 0 Å². The van der Waals surface area contributed by atoms with Gasteiger partial charge in [-0.25, -0.2) is 0 Å². The third-order valence-corrected chi connectivity index (χ3v) is 8.12. The minimum absolute atomic E-state index is 0.285. The van der Waals surface area contributed by atoms with E-state index < -0.39 is 0 Å². The Morgan fingerprint density at radius 2 is 2.50 bits per heavy atom. The van der Waals surface area contributed by atoms with Crippen LogP contribution in [0.4, 0.5) is 0 Å². The third kappa shape index (κ3) is 5.41. The molecule has 0 N–H and O–H groups in total. The van der Waals surface area contributed by atoms with Gasteiger partial charge in [0.1, 0.15) is 0 Å². The van der Waals surface area contributed by atoms with Gasteiger partial charge in [-0.15, -0.1) is 0 Å². The third-order valence-electron chi connectivity index (χ3n) is 0.511. The van der Waals surface area contributed by atoms with Crippen LogP contribution in [0.1, 0.15) is 6.92 Å². The fourth-order valence-corrected chi connectivity index (χ4v) is 5.17. The summed E-state index contributed by atoms with van der Waals surface area (Å²) in [6, 6.07) is 0. The molecular weight excluding hydrogens is 376 g/mol. The van der Waals surface area contributed by atoms with Gasteiger partial charge in [0, 0.05) is 0 Å². The number of halogens is 1. The van der Waals surface area contributed by atoms with E-state index in [0.717, 1.165) is 0 Å². The Morgan fingerprint density at radius 1 is 1.83 bits per heavy atom. The Bertz CT molecular complexity index is 42.8. The van der Waals surface area contributed by atoms with Gasteiger partial charge in [0.25, 0.3) is 0 Å². The minimum atomic E-state index is -0.285. The van der Waals surface area contributed by atoms with Crippen molar-refractivity contribution in [3.8, 4) is 0 Å². The average molecular weight is 383 g/mol. The summed E-state index contributed by atoms with van der Waals surface area (Å²) in [5.41, 5.74) is 0. The molecule has 6 heavy (non-hydrogen) atoms. The maximum absolute atomic E-state index is 2.58. The molecule has 0 saturated heterocycles. The van der Waals surface area contributed by atoms with Gasteiger partial charge in [-0.3, -0.25) is 0 Å². The van der Waals surface area contributed by atoms with Crippen LogP contribution in [-0.2, 0) is 20.2 Å². The van der Waals surface area contributed by atoms with E-state index in [9.17, 15) is 0 Å². The van der Waals surface area contributed by atoms with Crippen LogP contribution in [0, 0.1) is 0 Å². The number of allylic oxidation sites excluding steroid dienone is 2. The first-order chi connectivity index (χ1) is 2.91. The molecule has 0 spiro atoms. The first-order valence-electron chi connectivity index (χ1n) is 2.09. The van der Waals surface area contributed by atoms with Crippen molar-refractivity contribution < 1.29 is 20.2 Å². The molecule has 0 fully saturated rings. The van der Waals surface area contributed by atoms with Crippen LogP contribution in [0.3, 0.4) is 0 Å². The normalized spacial score (nSPS) is 9.00. The fourth-order valence-electron chi connectivity index (χ4n) is 0.230. The summed E-state index contributed by atoms with van der Waals surface area (Å²) in [4.78, 5) is 0. The zero-order chi connectivity index (χ0) is 4.83. The monoisotopic (exact) mass is 384 g/mol. The van der Waals surface area contributed by atoms with Gasteiger partial charge in [0.15, 0.2) is 0 Å². The second-order valence-corrected chi connectivity index (χ2v) is 14.2. The van der Waals surface area contributed by atoms with Crippen molar-refractivity contribution in [2.75, 3.05) is 0 Å². The molecule has 0 aliphatic rings.